The Hall–Kier alpha value is -3.70. The molecule has 0 bridgehead atoms. The van der Waals surface area contributed by atoms with Crippen LogP contribution in [0.3, 0.4) is 0 Å². The Balaban J connectivity index is 1.36. The SMILES string of the molecule is Cc1nnc(N2CCC(Nc3nc4c(-c5ccc(F)c(C(F)(F)F)c5)cccn4n3)CC2)o1. The molecule has 5 rings (SSSR count). The molecule has 0 spiro atoms. The summed E-state index contributed by atoms with van der Waals surface area (Å²) in [5.41, 5.74) is -0.317. The third-order valence-corrected chi connectivity index (χ3v) is 5.56. The standard InChI is InChI=1S/C21H19F4N7O/c1-12-28-29-20(33-12)31-9-6-14(7-10-31)26-19-27-18-15(3-2-8-32(18)30-19)13-4-5-17(22)16(11-13)21(23,24)25/h2-5,8,11,14H,6-7,9-10H2,1H3,(H,26,30). The van der Waals surface area contributed by atoms with Gasteiger partial charge in [-0.05, 0) is 42.7 Å². The van der Waals surface area contributed by atoms with Gasteiger partial charge in [-0.25, -0.2) is 8.91 Å². The van der Waals surface area contributed by atoms with Crippen LogP contribution in [0.5, 0.6) is 0 Å². The second kappa shape index (κ2) is 8.01. The molecule has 0 unspecified atom stereocenters. The van der Waals surface area contributed by atoms with E-state index in [1.54, 1.807) is 25.3 Å². The molecular formula is C21H19F4N7O. The highest BCUT2D eigenvalue weighted by atomic mass is 19.4. The van der Waals surface area contributed by atoms with E-state index in [0.29, 0.717) is 42.2 Å². The molecule has 1 aromatic carbocycles. The molecule has 0 radical (unpaired) electrons. The topological polar surface area (TPSA) is 84.4 Å². The van der Waals surface area contributed by atoms with Gasteiger partial charge >= 0.3 is 12.2 Å². The molecule has 1 saturated heterocycles. The number of rotatable bonds is 4. The molecule has 172 valence electrons. The van der Waals surface area contributed by atoms with Crippen LogP contribution in [-0.4, -0.2) is 43.9 Å². The molecule has 4 aromatic rings. The fourth-order valence-electron chi connectivity index (χ4n) is 3.91. The van der Waals surface area contributed by atoms with Crippen molar-refractivity contribution in [3.05, 3.63) is 53.8 Å². The van der Waals surface area contributed by atoms with Gasteiger partial charge in [0.05, 0.1) is 5.56 Å². The van der Waals surface area contributed by atoms with Crippen molar-refractivity contribution in [3.63, 3.8) is 0 Å². The smallest absolute Gasteiger partial charge is 0.408 e. The quantitative estimate of drug-likeness (QED) is 0.453. The van der Waals surface area contributed by atoms with Gasteiger partial charge in [0.2, 0.25) is 11.8 Å². The maximum atomic E-state index is 13.7. The van der Waals surface area contributed by atoms with Crippen LogP contribution in [0.25, 0.3) is 16.8 Å². The average Bonchev–Trinajstić information content (AvgIpc) is 3.39. The van der Waals surface area contributed by atoms with Crippen molar-refractivity contribution < 1.29 is 22.0 Å². The van der Waals surface area contributed by atoms with Crippen LogP contribution in [-0.2, 0) is 6.18 Å². The first-order valence-corrected chi connectivity index (χ1v) is 10.3. The number of piperidine rings is 1. The fourth-order valence-corrected chi connectivity index (χ4v) is 3.91. The van der Waals surface area contributed by atoms with Gasteiger partial charge in [0.25, 0.3) is 0 Å². The normalized spacial score (nSPS) is 15.4. The number of hydrogen-bond donors (Lipinski definition) is 1. The number of fused-ring (bicyclic) bond motifs is 1. The summed E-state index contributed by atoms with van der Waals surface area (Å²) < 4.78 is 60.2. The second-order valence-electron chi connectivity index (χ2n) is 7.83. The summed E-state index contributed by atoms with van der Waals surface area (Å²) >= 11 is 0. The molecule has 1 aliphatic heterocycles. The molecule has 0 atom stereocenters. The van der Waals surface area contributed by atoms with Crippen LogP contribution < -0.4 is 10.2 Å². The number of hydrogen-bond acceptors (Lipinski definition) is 7. The highest BCUT2D eigenvalue weighted by molar-refractivity contribution is 5.78. The fraction of sp³-hybridized carbons (Fsp3) is 0.333. The molecule has 4 heterocycles. The molecule has 12 heteroatoms. The zero-order valence-corrected chi connectivity index (χ0v) is 17.5. The number of nitrogens with one attached hydrogen (secondary N) is 1. The summed E-state index contributed by atoms with van der Waals surface area (Å²) in [6.07, 6.45) is -1.56. The molecule has 1 fully saturated rings. The summed E-state index contributed by atoms with van der Waals surface area (Å²) in [5, 5.41) is 15.6. The van der Waals surface area contributed by atoms with Gasteiger partial charge < -0.3 is 14.6 Å². The lowest BCUT2D eigenvalue weighted by atomic mass is 10.0. The first-order valence-electron chi connectivity index (χ1n) is 10.3. The van der Waals surface area contributed by atoms with E-state index in [1.807, 2.05) is 4.90 Å². The van der Waals surface area contributed by atoms with E-state index in [0.717, 1.165) is 25.0 Å². The minimum absolute atomic E-state index is 0.105. The van der Waals surface area contributed by atoms with Gasteiger partial charge in [-0.3, -0.25) is 0 Å². The molecule has 33 heavy (non-hydrogen) atoms. The van der Waals surface area contributed by atoms with Crippen LogP contribution in [0.2, 0.25) is 0 Å². The van der Waals surface area contributed by atoms with Crippen LogP contribution in [0, 0.1) is 12.7 Å². The second-order valence-corrected chi connectivity index (χ2v) is 7.83. The largest absolute Gasteiger partial charge is 0.419 e. The summed E-state index contributed by atoms with van der Waals surface area (Å²) in [6.45, 7) is 3.17. The molecule has 1 N–H and O–H groups in total. The number of aryl methyl sites for hydroxylation is 1. The van der Waals surface area contributed by atoms with Crippen molar-refractivity contribution in [3.8, 4) is 11.1 Å². The number of benzene rings is 1. The number of halogens is 4. The van der Waals surface area contributed by atoms with Crippen molar-refractivity contribution in [2.24, 2.45) is 0 Å². The Labute approximate surface area is 185 Å². The van der Waals surface area contributed by atoms with E-state index in [4.69, 9.17) is 4.42 Å². The van der Waals surface area contributed by atoms with Crippen LogP contribution in [0.1, 0.15) is 24.3 Å². The predicted octanol–water partition coefficient (Wildman–Crippen LogP) is 4.33. The van der Waals surface area contributed by atoms with Crippen molar-refractivity contribution in [2.75, 3.05) is 23.3 Å². The van der Waals surface area contributed by atoms with Gasteiger partial charge in [-0.15, -0.1) is 10.2 Å². The first-order chi connectivity index (χ1) is 15.8. The third kappa shape index (κ3) is 4.20. The van der Waals surface area contributed by atoms with Crippen molar-refractivity contribution in [1.29, 1.82) is 0 Å². The first kappa shape index (κ1) is 21.2. The summed E-state index contributed by atoms with van der Waals surface area (Å²) in [4.78, 5) is 6.50. The van der Waals surface area contributed by atoms with Gasteiger partial charge in [0.15, 0.2) is 5.65 Å². The monoisotopic (exact) mass is 461 g/mol. The molecule has 0 amide bonds. The Kier molecular flexibility index (Phi) is 5.14. The molecular weight excluding hydrogens is 442 g/mol. The zero-order chi connectivity index (χ0) is 23.2. The lowest BCUT2D eigenvalue weighted by molar-refractivity contribution is -0.139. The van der Waals surface area contributed by atoms with Crippen LogP contribution >= 0.6 is 0 Å². The third-order valence-electron chi connectivity index (χ3n) is 5.56. The van der Waals surface area contributed by atoms with E-state index in [-0.39, 0.29) is 11.6 Å². The Morgan fingerprint density at radius 3 is 2.61 bits per heavy atom. The summed E-state index contributed by atoms with van der Waals surface area (Å²) in [5.74, 6) is -0.435. The highest BCUT2D eigenvalue weighted by Gasteiger charge is 2.34. The van der Waals surface area contributed by atoms with E-state index in [1.165, 1.54) is 10.6 Å². The maximum Gasteiger partial charge on any atom is 0.419 e. The van der Waals surface area contributed by atoms with Gasteiger partial charge in [-0.1, -0.05) is 11.2 Å². The minimum atomic E-state index is -4.79. The van der Waals surface area contributed by atoms with E-state index < -0.39 is 17.6 Å². The average molecular weight is 461 g/mol. The van der Waals surface area contributed by atoms with E-state index in [9.17, 15) is 17.6 Å². The van der Waals surface area contributed by atoms with Crippen molar-refractivity contribution >= 4 is 17.6 Å². The van der Waals surface area contributed by atoms with Gasteiger partial charge in [-0.2, -0.15) is 18.2 Å². The number of pyridine rings is 1. The van der Waals surface area contributed by atoms with E-state index >= 15 is 0 Å². The summed E-state index contributed by atoms with van der Waals surface area (Å²) in [6, 6.07) is 6.80. The highest BCUT2D eigenvalue weighted by Crippen LogP contribution is 2.35. The molecule has 0 aliphatic carbocycles. The number of aromatic nitrogens is 5. The zero-order valence-electron chi connectivity index (χ0n) is 17.5. The molecule has 0 saturated carbocycles. The molecule has 8 nitrogen and oxygen atoms in total. The van der Waals surface area contributed by atoms with E-state index in [2.05, 4.69) is 25.6 Å². The van der Waals surface area contributed by atoms with Gasteiger partial charge in [0, 0.05) is 37.8 Å². The Bertz CT molecular complexity index is 1290. The van der Waals surface area contributed by atoms with Gasteiger partial charge in [0.1, 0.15) is 5.82 Å². The van der Waals surface area contributed by atoms with Crippen molar-refractivity contribution in [2.45, 2.75) is 32.0 Å². The lowest BCUT2D eigenvalue weighted by Crippen LogP contribution is -2.39. The maximum absolute atomic E-state index is 13.7. The molecule has 3 aromatic heterocycles. The number of alkyl halides is 3. The number of nitrogens with zero attached hydrogens (tertiary/aromatic N) is 6. The summed E-state index contributed by atoms with van der Waals surface area (Å²) in [7, 11) is 0. The predicted molar refractivity (Wildman–Crippen MR) is 111 cm³/mol. The molecule has 1 aliphatic rings. The number of anilines is 2. The van der Waals surface area contributed by atoms with Crippen LogP contribution in [0.4, 0.5) is 29.5 Å². The minimum Gasteiger partial charge on any atom is -0.408 e. The Morgan fingerprint density at radius 2 is 1.91 bits per heavy atom. The lowest BCUT2D eigenvalue weighted by Gasteiger charge is -2.30. The van der Waals surface area contributed by atoms with Crippen LogP contribution in [0.15, 0.2) is 40.9 Å². The Morgan fingerprint density at radius 1 is 1.12 bits per heavy atom. The van der Waals surface area contributed by atoms with Crippen molar-refractivity contribution in [1.82, 2.24) is 24.8 Å².